The van der Waals surface area contributed by atoms with E-state index in [-0.39, 0.29) is 11.9 Å². The first-order chi connectivity index (χ1) is 8.18. The van der Waals surface area contributed by atoms with Crippen molar-refractivity contribution < 1.29 is 4.79 Å². The average Bonchev–Trinajstić information content (AvgIpc) is 2.63. The predicted octanol–water partition coefficient (Wildman–Crippen LogP) is 1.03. The van der Waals surface area contributed by atoms with Gasteiger partial charge in [-0.05, 0) is 39.7 Å². The van der Waals surface area contributed by atoms with Crippen molar-refractivity contribution in [2.45, 2.75) is 51.6 Å². The fourth-order valence-corrected chi connectivity index (χ4v) is 2.83. The molecule has 2 unspecified atom stereocenters. The van der Waals surface area contributed by atoms with Gasteiger partial charge < -0.3 is 9.80 Å². The largest absolute Gasteiger partial charge is 0.329 e. The highest BCUT2D eigenvalue weighted by atomic mass is 16.2. The van der Waals surface area contributed by atoms with Gasteiger partial charge in [-0.3, -0.25) is 10.1 Å². The van der Waals surface area contributed by atoms with Gasteiger partial charge in [0, 0.05) is 19.1 Å². The predicted molar refractivity (Wildman–Crippen MR) is 68.7 cm³/mol. The van der Waals surface area contributed by atoms with E-state index in [1.165, 1.54) is 25.8 Å². The summed E-state index contributed by atoms with van der Waals surface area (Å²) in [5, 5.41) is 3.18. The van der Waals surface area contributed by atoms with E-state index in [2.05, 4.69) is 17.1 Å². The minimum atomic E-state index is 0.0175. The van der Waals surface area contributed by atoms with Crippen LogP contribution in [0.5, 0.6) is 0 Å². The Labute approximate surface area is 104 Å². The van der Waals surface area contributed by atoms with Gasteiger partial charge in [-0.1, -0.05) is 6.42 Å². The Bertz CT molecular complexity index is 269. The molecule has 0 saturated carbocycles. The van der Waals surface area contributed by atoms with Crippen molar-refractivity contribution in [2.75, 3.05) is 26.3 Å². The summed E-state index contributed by atoms with van der Waals surface area (Å²) in [6.45, 7) is 8.27. The molecule has 2 saturated heterocycles. The highest BCUT2D eigenvalue weighted by Crippen LogP contribution is 2.16. The van der Waals surface area contributed by atoms with Crippen molar-refractivity contribution in [3.63, 3.8) is 0 Å². The Kier molecular flexibility index (Phi) is 4.40. The van der Waals surface area contributed by atoms with Crippen molar-refractivity contribution in [1.82, 2.24) is 15.1 Å². The minimum absolute atomic E-state index is 0.0175. The zero-order valence-corrected chi connectivity index (χ0v) is 11.1. The lowest BCUT2D eigenvalue weighted by atomic mass is 10.0. The van der Waals surface area contributed by atoms with Crippen LogP contribution in [0.4, 0.5) is 0 Å². The van der Waals surface area contributed by atoms with E-state index in [9.17, 15) is 4.79 Å². The Morgan fingerprint density at radius 2 is 2.12 bits per heavy atom. The third-order valence-electron chi connectivity index (χ3n) is 4.08. The molecule has 1 N–H and O–H groups in total. The number of amides is 1. The van der Waals surface area contributed by atoms with Crippen molar-refractivity contribution in [2.24, 2.45) is 0 Å². The highest BCUT2D eigenvalue weighted by molar-refractivity contribution is 5.83. The van der Waals surface area contributed by atoms with Crippen molar-refractivity contribution >= 4 is 5.91 Å². The zero-order chi connectivity index (χ0) is 12.3. The molecule has 98 valence electrons. The number of hydrogen-bond donors (Lipinski definition) is 1. The lowest BCUT2D eigenvalue weighted by Gasteiger charge is -2.33. The second kappa shape index (κ2) is 5.83. The molecule has 2 atom stereocenters. The van der Waals surface area contributed by atoms with Gasteiger partial charge in [0.25, 0.3) is 0 Å². The number of carbonyl (C=O) groups excluding carboxylic acids is 1. The van der Waals surface area contributed by atoms with E-state index in [1.807, 2.05) is 11.8 Å². The van der Waals surface area contributed by atoms with Crippen LogP contribution in [0, 0.1) is 0 Å². The molecule has 0 aromatic rings. The van der Waals surface area contributed by atoms with Crippen molar-refractivity contribution in [3.05, 3.63) is 0 Å². The number of nitrogens with one attached hydrogen (secondary N) is 1. The summed E-state index contributed by atoms with van der Waals surface area (Å²) in [5.41, 5.74) is 0. The topological polar surface area (TPSA) is 35.6 Å². The van der Waals surface area contributed by atoms with Gasteiger partial charge in [0.1, 0.15) is 0 Å². The van der Waals surface area contributed by atoms with Crippen LogP contribution in [-0.4, -0.2) is 54.1 Å². The summed E-state index contributed by atoms with van der Waals surface area (Å²) < 4.78 is 0. The van der Waals surface area contributed by atoms with E-state index in [0.29, 0.717) is 0 Å². The van der Waals surface area contributed by atoms with Gasteiger partial charge in [0.15, 0.2) is 0 Å². The number of piperidine rings is 1. The molecule has 0 spiro atoms. The Hall–Kier alpha value is -0.610. The number of likely N-dealkylation sites (tertiary alicyclic amines) is 1. The van der Waals surface area contributed by atoms with E-state index in [1.54, 1.807) is 0 Å². The van der Waals surface area contributed by atoms with Crippen LogP contribution in [0.25, 0.3) is 0 Å². The van der Waals surface area contributed by atoms with Crippen LogP contribution < -0.4 is 5.32 Å². The number of carbonyl (C=O) groups is 1. The first-order valence-electron chi connectivity index (χ1n) is 6.94. The van der Waals surface area contributed by atoms with Gasteiger partial charge in [0.2, 0.25) is 5.91 Å². The molecule has 4 heteroatoms. The molecule has 0 aliphatic carbocycles. The molecule has 4 nitrogen and oxygen atoms in total. The monoisotopic (exact) mass is 239 g/mol. The second-order valence-electron chi connectivity index (χ2n) is 5.42. The standard InChI is InChI=1S/C13H25N3O/c1-11-6-3-4-7-15(11)8-5-9-16-10-14-12(2)13(16)17/h11-12,14H,3-10H2,1-2H3. The lowest BCUT2D eigenvalue weighted by Crippen LogP contribution is -2.39. The Morgan fingerprint density at radius 1 is 1.29 bits per heavy atom. The molecule has 2 heterocycles. The molecule has 0 radical (unpaired) electrons. The van der Waals surface area contributed by atoms with Gasteiger partial charge in [-0.15, -0.1) is 0 Å². The first kappa shape index (κ1) is 12.8. The van der Waals surface area contributed by atoms with Crippen LogP contribution in [0.15, 0.2) is 0 Å². The minimum Gasteiger partial charge on any atom is -0.329 e. The Balaban J connectivity index is 1.67. The molecule has 2 aliphatic heterocycles. The summed E-state index contributed by atoms with van der Waals surface area (Å²) in [5.74, 6) is 0.261. The highest BCUT2D eigenvalue weighted by Gasteiger charge is 2.26. The molecular formula is C13H25N3O. The van der Waals surface area contributed by atoms with Crippen LogP contribution in [0.2, 0.25) is 0 Å². The second-order valence-corrected chi connectivity index (χ2v) is 5.42. The van der Waals surface area contributed by atoms with E-state index in [4.69, 9.17) is 0 Å². The molecule has 2 rings (SSSR count). The van der Waals surface area contributed by atoms with Crippen molar-refractivity contribution in [3.8, 4) is 0 Å². The fourth-order valence-electron chi connectivity index (χ4n) is 2.83. The molecule has 0 bridgehead atoms. The average molecular weight is 239 g/mol. The molecule has 2 aliphatic rings. The van der Waals surface area contributed by atoms with Gasteiger partial charge in [-0.2, -0.15) is 0 Å². The van der Waals surface area contributed by atoms with E-state index >= 15 is 0 Å². The maximum absolute atomic E-state index is 11.7. The normalized spacial score (nSPS) is 31.2. The maximum Gasteiger partial charge on any atom is 0.240 e. The molecule has 1 amide bonds. The molecular weight excluding hydrogens is 214 g/mol. The van der Waals surface area contributed by atoms with Crippen LogP contribution in [0.3, 0.4) is 0 Å². The lowest BCUT2D eigenvalue weighted by molar-refractivity contribution is -0.128. The SMILES string of the molecule is CC1NCN(CCCN2CCCCC2C)C1=O. The molecule has 0 aromatic carbocycles. The number of nitrogens with zero attached hydrogens (tertiary/aromatic N) is 2. The first-order valence-corrected chi connectivity index (χ1v) is 6.94. The zero-order valence-electron chi connectivity index (χ0n) is 11.1. The summed E-state index contributed by atoms with van der Waals surface area (Å²) in [6, 6.07) is 0.749. The Morgan fingerprint density at radius 3 is 2.76 bits per heavy atom. The quantitative estimate of drug-likeness (QED) is 0.796. The molecule has 2 fully saturated rings. The van der Waals surface area contributed by atoms with E-state index < -0.39 is 0 Å². The maximum atomic E-state index is 11.7. The number of rotatable bonds is 4. The molecule has 0 aromatic heterocycles. The smallest absolute Gasteiger partial charge is 0.240 e. The molecule has 17 heavy (non-hydrogen) atoms. The van der Waals surface area contributed by atoms with Gasteiger partial charge >= 0.3 is 0 Å². The van der Waals surface area contributed by atoms with Gasteiger partial charge in [-0.25, -0.2) is 0 Å². The summed E-state index contributed by atoms with van der Waals surface area (Å²) in [4.78, 5) is 16.2. The number of hydrogen-bond acceptors (Lipinski definition) is 3. The van der Waals surface area contributed by atoms with E-state index in [0.717, 1.165) is 32.2 Å². The summed E-state index contributed by atoms with van der Waals surface area (Å²) >= 11 is 0. The van der Waals surface area contributed by atoms with Crippen LogP contribution in [0.1, 0.15) is 39.5 Å². The van der Waals surface area contributed by atoms with Crippen LogP contribution >= 0.6 is 0 Å². The third-order valence-corrected chi connectivity index (χ3v) is 4.08. The van der Waals surface area contributed by atoms with Crippen LogP contribution in [-0.2, 0) is 4.79 Å². The summed E-state index contributed by atoms with van der Waals surface area (Å²) in [7, 11) is 0. The summed E-state index contributed by atoms with van der Waals surface area (Å²) in [6.07, 6.45) is 5.15. The van der Waals surface area contributed by atoms with Gasteiger partial charge in [0.05, 0.1) is 12.7 Å². The van der Waals surface area contributed by atoms with Crippen molar-refractivity contribution in [1.29, 1.82) is 0 Å². The fraction of sp³-hybridized carbons (Fsp3) is 0.923. The third kappa shape index (κ3) is 3.19.